The summed E-state index contributed by atoms with van der Waals surface area (Å²) in [5, 5.41) is 0.0816. The number of anilines is 1. The number of methoxy groups -OCH3 is 1. The number of amides is 1. The maximum atomic E-state index is 13.6. The van der Waals surface area contributed by atoms with Crippen molar-refractivity contribution < 1.29 is 22.3 Å². The number of sulfone groups is 1. The molecule has 2 aromatic rings. The Bertz CT molecular complexity index is 1120. The Hall–Kier alpha value is -2.10. The van der Waals surface area contributed by atoms with Crippen molar-refractivity contribution in [1.82, 2.24) is 0 Å². The average Bonchev–Trinajstić information content (AvgIpc) is 3.15. The molecule has 2 aliphatic rings. The van der Waals surface area contributed by atoms with Crippen molar-refractivity contribution in [2.24, 2.45) is 4.99 Å². The number of hydrogen-bond donors (Lipinski definition) is 0. The molecule has 158 valence electrons. The fourth-order valence-electron chi connectivity index (χ4n) is 3.57. The number of halogens is 2. The van der Waals surface area contributed by atoms with Crippen molar-refractivity contribution >= 4 is 50.0 Å². The SMILES string of the molecule is COc1ccc(CC(=O)N=C2S[C@H]3CS(=O)(=O)C[C@@H]3N2c2ccc(F)c(Cl)c2)cc1. The average molecular weight is 469 g/mol. The van der Waals surface area contributed by atoms with E-state index in [1.54, 1.807) is 36.3 Å². The lowest BCUT2D eigenvalue weighted by molar-refractivity contribution is -0.117. The van der Waals surface area contributed by atoms with Crippen molar-refractivity contribution in [3.8, 4) is 5.75 Å². The molecule has 2 aromatic carbocycles. The second-order valence-electron chi connectivity index (χ2n) is 7.08. The van der Waals surface area contributed by atoms with Crippen molar-refractivity contribution in [3.05, 3.63) is 58.9 Å². The van der Waals surface area contributed by atoms with Crippen LogP contribution in [-0.4, -0.2) is 49.4 Å². The molecule has 2 aliphatic heterocycles. The number of hydrogen-bond acceptors (Lipinski definition) is 5. The summed E-state index contributed by atoms with van der Waals surface area (Å²) < 4.78 is 43.0. The lowest BCUT2D eigenvalue weighted by Gasteiger charge is -2.24. The number of ether oxygens (including phenoxy) is 1. The number of rotatable bonds is 4. The minimum Gasteiger partial charge on any atom is -0.497 e. The van der Waals surface area contributed by atoms with E-state index in [4.69, 9.17) is 16.3 Å². The first-order chi connectivity index (χ1) is 14.3. The van der Waals surface area contributed by atoms with E-state index < -0.39 is 15.7 Å². The lowest BCUT2D eigenvalue weighted by atomic mass is 10.1. The Kier molecular flexibility index (Phi) is 5.78. The Morgan fingerprint density at radius 2 is 2.00 bits per heavy atom. The molecule has 0 radical (unpaired) electrons. The Morgan fingerprint density at radius 3 is 2.67 bits per heavy atom. The van der Waals surface area contributed by atoms with Gasteiger partial charge in [0.1, 0.15) is 11.6 Å². The summed E-state index contributed by atoms with van der Waals surface area (Å²) >= 11 is 7.19. The van der Waals surface area contributed by atoms with Crippen LogP contribution in [0.4, 0.5) is 10.1 Å². The predicted molar refractivity (Wildman–Crippen MR) is 117 cm³/mol. The monoisotopic (exact) mass is 468 g/mol. The van der Waals surface area contributed by atoms with Crippen LogP contribution in [0.5, 0.6) is 5.75 Å². The number of thioether (sulfide) groups is 1. The first-order valence-electron chi connectivity index (χ1n) is 9.11. The van der Waals surface area contributed by atoms with E-state index in [1.165, 1.54) is 30.0 Å². The van der Waals surface area contributed by atoms with Gasteiger partial charge in [-0.2, -0.15) is 4.99 Å². The zero-order chi connectivity index (χ0) is 21.5. The fourth-order valence-corrected chi connectivity index (χ4v) is 7.67. The number of amidine groups is 1. The molecular weight excluding hydrogens is 451 g/mol. The minimum atomic E-state index is -3.19. The molecule has 2 atom stereocenters. The summed E-state index contributed by atoms with van der Waals surface area (Å²) in [6, 6.07) is 10.9. The summed E-state index contributed by atoms with van der Waals surface area (Å²) in [6.45, 7) is 0. The Labute approximate surface area is 183 Å². The van der Waals surface area contributed by atoms with Gasteiger partial charge in [-0.15, -0.1) is 0 Å². The zero-order valence-electron chi connectivity index (χ0n) is 15.9. The van der Waals surface area contributed by atoms with Crippen LogP contribution in [0.1, 0.15) is 5.56 Å². The van der Waals surface area contributed by atoms with Crippen molar-refractivity contribution in [3.63, 3.8) is 0 Å². The molecule has 6 nitrogen and oxygen atoms in total. The van der Waals surface area contributed by atoms with E-state index >= 15 is 0 Å². The zero-order valence-corrected chi connectivity index (χ0v) is 18.3. The van der Waals surface area contributed by atoms with Crippen LogP contribution in [0.3, 0.4) is 0 Å². The number of benzene rings is 2. The van der Waals surface area contributed by atoms with Crippen LogP contribution in [0.15, 0.2) is 47.5 Å². The number of fused-ring (bicyclic) bond motifs is 1. The molecule has 0 bridgehead atoms. The first kappa shape index (κ1) is 21.1. The third-order valence-corrected chi connectivity index (χ3v) is 8.48. The van der Waals surface area contributed by atoms with E-state index in [2.05, 4.69) is 4.99 Å². The molecule has 10 heteroatoms. The molecule has 0 N–H and O–H groups in total. The van der Waals surface area contributed by atoms with E-state index in [0.29, 0.717) is 16.6 Å². The normalized spacial score (nSPS) is 23.6. The summed E-state index contributed by atoms with van der Waals surface area (Å²) in [7, 11) is -1.63. The number of nitrogens with zero attached hydrogens (tertiary/aromatic N) is 2. The van der Waals surface area contributed by atoms with Gasteiger partial charge in [0.05, 0.1) is 36.1 Å². The van der Waals surface area contributed by atoms with Crippen LogP contribution in [0.2, 0.25) is 5.02 Å². The van der Waals surface area contributed by atoms with Gasteiger partial charge in [-0.1, -0.05) is 35.5 Å². The van der Waals surface area contributed by atoms with Crippen LogP contribution in [0.25, 0.3) is 0 Å². The second kappa shape index (κ2) is 8.20. The van der Waals surface area contributed by atoms with Gasteiger partial charge in [-0.25, -0.2) is 12.8 Å². The highest BCUT2D eigenvalue weighted by atomic mass is 35.5. The first-order valence-corrected chi connectivity index (χ1v) is 12.2. The summed E-state index contributed by atoms with van der Waals surface area (Å²) in [6.07, 6.45) is 0.0969. The highest BCUT2D eigenvalue weighted by Gasteiger charge is 2.49. The van der Waals surface area contributed by atoms with Crippen LogP contribution in [0, 0.1) is 5.82 Å². The van der Waals surface area contributed by atoms with Crippen LogP contribution >= 0.6 is 23.4 Å². The van der Waals surface area contributed by atoms with Crippen LogP contribution in [-0.2, 0) is 21.1 Å². The molecule has 1 amide bonds. The maximum absolute atomic E-state index is 13.6. The molecule has 4 rings (SSSR count). The van der Waals surface area contributed by atoms with Crippen molar-refractivity contribution in [2.45, 2.75) is 17.7 Å². The number of carbonyl (C=O) groups excluding carboxylic acids is 1. The van der Waals surface area contributed by atoms with Gasteiger partial charge in [0.15, 0.2) is 15.0 Å². The molecule has 0 saturated carbocycles. The minimum absolute atomic E-state index is 0.0133. The molecule has 30 heavy (non-hydrogen) atoms. The van der Waals surface area contributed by atoms with E-state index in [-0.39, 0.29) is 40.1 Å². The molecule has 0 aliphatic carbocycles. The van der Waals surface area contributed by atoms with Crippen LogP contribution < -0.4 is 9.64 Å². The predicted octanol–water partition coefficient (Wildman–Crippen LogP) is 3.33. The van der Waals surface area contributed by atoms with Gasteiger partial charge >= 0.3 is 0 Å². The van der Waals surface area contributed by atoms with Gasteiger partial charge in [0, 0.05) is 10.9 Å². The van der Waals surface area contributed by atoms with Gasteiger partial charge in [-0.3, -0.25) is 4.79 Å². The highest BCUT2D eigenvalue weighted by Crippen LogP contribution is 2.41. The fraction of sp³-hybridized carbons (Fsp3) is 0.300. The smallest absolute Gasteiger partial charge is 0.252 e. The summed E-state index contributed by atoms with van der Waals surface area (Å²) in [5.74, 6) is -0.275. The number of carbonyl (C=O) groups is 1. The topological polar surface area (TPSA) is 76.0 Å². The lowest BCUT2D eigenvalue weighted by Crippen LogP contribution is -2.37. The highest BCUT2D eigenvalue weighted by molar-refractivity contribution is 8.16. The third kappa shape index (κ3) is 4.33. The third-order valence-electron chi connectivity index (χ3n) is 4.98. The molecule has 0 aromatic heterocycles. The molecular formula is C20H18ClFN2O4S2. The Balaban J connectivity index is 1.62. The summed E-state index contributed by atoms with van der Waals surface area (Å²) in [4.78, 5) is 18.6. The molecule has 2 fully saturated rings. The summed E-state index contributed by atoms with van der Waals surface area (Å²) in [5.41, 5.74) is 1.29. The largest absolute Gasteiger partial charge is 0.497 e. The Morgan fingerprint density at radius 1 is 1.27 bits per heavy atom. The van der Waals surface area contributed by atoms with Gasteiger partial charge in [-0.05, 0) is 35.9 Å². The maximum Gasteiger partial charge on any atom is 0.252 e. The van der Waals surface area contributed by atoms with E-state index in [9.17, 15) is 17.6 Å². The molecule has 0 unspecified atom stereocenters. The quantitative estimate of drug-likeness (QED) is 0.685. The van der Waals surface area contributed by atoms with Gasteiger partial charge in [0.2, 0.25) is 0 Å². The molecule has 0 spiro atoms. The van der Waals surface area contributed by atoms with E-state index in [1.807, 2.05) is 0 Å². The number of aliphatic imine (C=N–C) groups is 1. The molecule has 2 saturated heterocycles. The van der Waals surface area contributed by atoms with E-state index in [0.717, 1.165) is 5.56 Å². The molecule has 2 heterocycles. The van der Waals surface area contributed by atoms with Crippen molar-refractivity contribution in [1.29, 1.82) is 0 Å². The standard InChI is InChI=1S/C20H18ClFN2O4S2/c1-28-14-5-2-12(3-6-14)8-19(25)23-20-24(13-4-7-16(22)15(21)9-13)17-10-30(26,27)11-18(17)29-20/h2-7,9,17-18H,8,10-11H2,1H3/t17-,18-/m0/s1. The van der Waals surface area contributed by atoms with Gasteiger partial charge in [0.25, 0.3) is 5.91 Å². The van der Waals surface area contributed by atoms with Gasteiger partial charge < -0.3 is 9.64 Å². The second-order valence-corrected chi connectivity index (χ2v) is 10.8. The van der Waals surface area contributed by atoms with Crippen molar-refractivity contribution in [2.75, 3.05) is 23.5 Å².